The average Bonchev–Trinajstić information content (AvgIpc) is 2.75. The monoisotopic (exact) mass is 387 g/mol. The number of fused-ring (bicyclic) bond motifs is 2. The van der Waals surface area contributed by atoms with Gasteiger partial charge in [-0.2, -0.15) is 0 Å². The van der Waals surface area contributed by atoms with Crippen LogP contribution in [-0.2, 0) is 0 Å². The van der Waals surface area contributed by atoms with Gasteiger partial charge in [-0.15, -0.1) is 0 Å². The van der Waals surface area contributed by atoms with Gasteiger partial charge < -0.3 is 5.73 Å². The van der Waals surface area contributed by atoms with E-state index in [0.717, 1.165) is 16.5 Å². The zero-order valence-corrected chi connectivity index (χ0v) is 17.7. The van der Waals surface area contributed by atoms with Gasteiger partial charge in [0.2, 0.25) is 0 Å². The second-order valence-corrected chi connectivity index (χ2v) is 8.18. The van der Waals surface area contributed by atoms with Crippen LogP contribution in [0.2, 0.25) is 0 Å². The molecule has 0 unspecified atom stereocenters. The third kappa shape index (κ3) is 2.78. The first-order valence-electron chi connectivity index (χ1n) is 10.4. The zero-order valence-electron chi connectivity index (χ0n) is 17.7. The Bertz CT molecular complexity index is 1430. The number of hydrogen-bond donors (Lipinski definition) is 1. The third-order valence-corrected chi connectivity index (χ3v) is 6.26. The summed E-state index contributed by atoms with van der Waals surface area (Å²) in [6.45, 7) is 6.55. The molecule has 2 N–H and O–H groups in total. The van der Waals surface area contributed by atoms with Crippen LogP contribution in [0.5, 0.6) is 0 Å². The highest BCUT2D eigenvalue weighted by Gasteiger charge is 2.17. The zero-order chi connectivity index (χ0) is 20.8. The van der Waals surface area contributed by atoms with Gasteiger partial charge >= 0.3 is 0 Å². The normalized spacial score (nSPS) is 11.3. The number of hydrogen-bond acceptors (Lipinski definition) is 1. The van der Waals surface area contributed by atoms with Crippen LogP contribution >= 0.6 is 0 Å². The van der Waals surface area contributed by atoms with E-state index in [0.29, 0.717) is 0 Å². The van der Waals surface area contributed by atoms with Gasteiger partial charge in [-0.05, 0) is 76.6 Å². The first kappa shape index (κ1) is 18.4. The maximum atomic E-state index is 6.77. The van der Waals surface area contributed by atoms with E-state index in [4.69, 9.17) is 5.73 Å². The quantitative estimate of drug-likeness (QED) is 0.242. The number of nitrogen functional groups attached to an aromatic ring is 1. The molecule has 0 aliphatic carbocycles. The minimum absolute atomic E-state index is 0.854. The molecule has 146 valence electrons. The molecular weight excluding hydrogens is 362 g/mol. The molecule has 0 heterocycles. The first-order chi connectivity index (χ1) is 14.6. The molecule has 1 heteroatoms. The van der Waals surface area contributed by atoms with E-state index in [1.54, 1.807) is 0 Å². The van der Waals surface area contributed by atoms with E-state index in [1.807, 2.05) is 0 Å². The Morgan fingerprint density at radius 2 is 1.03 bits per heavy atom. The Balaban J connectivity index is 1.96. The lowest BCUT2D eigenvalue weighted by molar-refractivity contribution is 1.42. The molecule has 30 heavy (non-hydrogen) atoms. The van der Waals surface area contributed by atoms with E-state index in [1.165, 1.54) is 49.7 Å². The molecule has 0 aromatic heterocycles. The van der Waals surface area contributed by atoms with Crippen molar-refractivity contribution in [2.24, 2.45) is 0 Å². The van der Waals surface area contributed by atoms with Gasteiger partial charge in [0, 0.05) is 16.5 Å². The third-order valence-electron chi connectivity index (χ3n) is 6.26. The molecule has 0 fully saturated rings. The summed E-state index contributed by atoms with van der Waals surface area (Å²) in [4.78, 5) is 0. The fourth-order valence-corrected chi connectivity index (χ4v) is 4.67. The van der Waals surface area contributed by atoms with Crippen molar-refractivity contribution < 1.29 is 0 Å². The summed E-state index contributed by atoms with van der Waals surface area (Å²) in [6, 6.07) is 30.3. The van der Waals surface area contributed by atoms with Crippen molar-refractivity contribution in [1.82, 2.24) is 0 Å². The Morgan fingerprint density at radius 3 is 1.70 bits per heavy atom. The molecule has 0 radical (unpaired) electrons. The summed E-state index contributed by atoms with van der Waals surface area (Å²) in [5.41, 5.74) is 16.5. The van der Waals surface area contributed by atoms with Crippen LogP contribution in [0.15, 0.2) is 84.9 Å². The molecule has 0 saturated heterocycles. The lowest BCUT2D eigenvalue weighted by Gasteiger charge is -2.19. The largest absolute Gasteiger partial charge is 0.398 e. The summed E-state index contributed by atoms with van der Waals surface area (Å²) >= 11 is 0. The molecule has 5 aromatic carbocycles. The van der Waals surface area contributed by atoms with Gasteiger partial charge in [-0.1, -0.05) is 78.9 Å². The standard InChI is InChI=1S/C29H25N/c1-18-10-4-6-12-21(18)25-17-27-26(16-20(25)3)28(22-13-7-5-11-19(22)2)23-14-8-9-15-24(23)29(27)30/h4-17H,30H2,1-3H3. The van der Waals surface area contributed by atoms with Crippen molar-refractivity contribution in [3.63, 3.8) is 0 Å². The molecule has 1 nitrogen and oxygen atoms in total. The summed E-state index contributed by atoms with van der Waals surface area (Å²) in [6.07, 6.45) is 0. The number of benzene rings is 5. The number of rotatable bonds is 2. The molecule has 0 saturated carbocycles. The topological polar surface area (TPSA) is 26.0 Å². The van der Waals surface area contributed by atoms with Gasteiger partial charge in [0.1, 0.15) is 0 Å². The maximum Gasteiger partial charge on any atom is 0.0474 e. The Labute approximate surface area is 177 Å². The lowest BCUT2D eigenvalue weighted by Crippen LogP contribution is -1.96. The van der Waals surface area contributed by atoms with Crippen LogP contribution in [0.4, 0.5) is 5.69 Å². The van der Waals surface area contributed by atoms with Crippen LogP contribution in [-0.4, -0.2) is 0 Å². The van der Waals surface area contributed by atoms with Gasteiger partial charge in [-0.25, -0.2) is 0 Å². The molecule has 0 amide bonds. The first-order valence-corrected chi connectivity index (χ1v) is 10.4. The second kappa shape index (κ2) is 7.03. The van der Waals surface area contributed by atoms with Crippen molar-refractivity contribution in [3.8, 4) is 22.3 Å². The lowest BCUT2D eigenvalue weighted by atomic mass is 9.86. The minimum atomic E-state index is 0.854. The van der Waals surface area contributed by atoms with E-state index < -0.39 is 0 Å². The summed E-state index contributed by atoms with van der Waals surface area (Å²) in [5.74, 6) is 0. The molecule has 0 atom stereocenters. The Hall–Kier alpha value is -3.58. The van der Waals surface area contributed by atoms with Gasteiger partial charge in [0.05, 0.1) is 0 Å². The fraction of sp³-hybridized carbons (Fsp3) is 0.103. The van der Waals surface area contributed by atoms with Gasteiger partial charge in [-0.3, -0.25) is 0 Å². The van der Waals surface area contributed by atoms with E-state index in [9.17, 15) is 0 Å². The average molecular weight is 388 g/mol. The highest BCUT2D eigenvalue weighted by atomic mass is 14.6. The van der Waals surface area contributed by atoms with E-state index >= 15 is 0 Å². The molecule has 0 bridgehead atoms. The highest BCUT2D eigenvalue weighted by molar-refractivity contribution is 6.21. The second-order valence-electron chi connectivity index (χ2n) is 8.18. The molecule has 0 aliphatic rings. The maximum absolute atomic E-state index is 6.77. The molecule has 5 rings (SSSR count). The van der Waals surface area contributed by atoms with E-state index in [-0.39, 0.29) is 0 Å². The molecule has 0 spiro atoms. The Kier molecular flexibility index (Phi) is 4.33. The van der Waals surface area contributed by atoms with Crippen LogP contribution < -0.4 is 5.73 Å². The SMILES string of the molecule is Cc1ccccc1-c1cc2c(N)c3ccccc3c(-c3ccccc3C)c2cc1C. The van der Waals surface area contributed by atoms with Crippen LogP contribution in [0.25, 0.3) is 43.8 Å². The van der Waals surface area contributed by atoms with Crippen molar-refractivity contribution in [1.29, 1.82) is 0 Å². The van der Waals surface area contributed by atoms with Gasteiger partial charge in [0.25, 0.3) is 0 Å². The fourth-order valence-electron chi connectivity index (χ4n) is 4.67. The van der Waals surface area contributed by atoms with E-state index in [2.05, 4.69) is 106 Å². The van der Waals surface area contributed by atoms with Crippen LogP contribution in [0.3, 0.4) is 0 Å². The molecule has 0 aliphatic heterocycles. The Morgan fingerprint density at radius 1 is 0.467 bits per heavy atom. The van der Waals surface area contributed by atoms with Crippen molar-refractivity contribution in [2.75, 3.05) is 5.73 Å². The minimum Gasteiger partial charge on any atom is -0.398 e. The summed E-state index contributed by atoms with van der Waals surface area (Å²) < 4.78 is 0. The highest BCUT2D eigenvalue weighted by Crippen LogP contribution is 2.44. The predicted octanol–water partition coefficient (Wildman–Crippen LogP) is 7.83. The smallest absolute Gasteiger partial charge is 0.0474 e. The van der Waals surface area contributed by atoms with Crippen molar-refractivity contribution >= 4 is 27.2 Å². The predicted molar refractivity (Wildman–Crippen MR) is 131 cm³/mol. The number of nitrogens with two attached hydrogens (primary N) is 1. The molecule has 5 aromatic rings. The van der Waals surface area contributed by atoms with Crippen molar-refractivity contribution in [3.05, 3.63) is 102 Å². The number of anilines is 1. The van der Waals surface area contributed by atoms with Gasteiger partial charge in [0.15, 0.2) is 0 Å². The summed E-state index contributed by atoms with van der Waals surface area (Å²) in [7, 11) is 0. The van der Waals surface area contributed by atoms with Crippen molar-refractivity contribution in [2.45, 2.75) is 20.8 Å². The van der Waals surface area contributed by atoms with Crippen LogP contribution in [0, 0.1) is 20.8 Å². The summed E-state index contributed by atoms with van der Waals surface area (Å²) in [5, 5.41) is 4.66. The molecular formula is C29H25N. The van der Waals surface area contributed by atoms with Crippen LogP contribution in [0.1, 0.15) is 16.7 Å². The number of aryl methyl sites for hydroxylation is 3.